The van der Waals surface area contributed by atoms with Gasteiger partial charge in [0.25, 0.3) is 0 Å². The van der Waals surface area contributed by atoms with E-state index in [0.717, 1.165) is 24.0 Å². The topological polar surface area (TPSA) is 75.8 Å². The Morgan fingerprint density at radius 3 is 2.67 bits per heavy atom. The van der Waals surface area contributed by atoms with E-state index in [4.69, 9.17) is 16.7 Å². The Kier molecular flexibility index (Phi) is 7.52. The highest BCUT2D eigenvalue weighted by Gasteiger charge is 1.91. The number of rotatable bonds is 5. The molecule has 0 rings (SSSR count). The largest absolute Gasteiger partial charge is 0.405 e. The third kappa shape index (κ3) is 7.15. The average Bonchev–Trinajstić information content (AvgIpc) is 2.27. The number of hydrogen-bond donors (Lipinski definition) is 2. The predicted octanol–water partition coefficient (Wildman–Crippen LogP) is 2.11. The summed E-state index contributed by atoms with van der Waals surface area (Å²) < 4.78 is 0. The second-order valence-electron chi connectivity index (χ2n) is 3.04. The zero-order chi connectivity index (χ0) is 11.5. The fourth-order valence-corrected chi connectivity index (χ4v) is 0.912. The van der Waals surface area contributed by atoms with E-state index in [1.54, 1.807) is 18.4 Å². The van der Waals surface area contributed by atoms with Crippen LogP contribution in [0, 0.1) is 11.3 Å². The van der Waals surface area contributed by atoms with Crippen molar-refractivity contribution in [2.24, 2.45) is 11.5 Å². The summed E-state index contributed by atoms with van der Waals surface area (Å²) in [5.74, 6) is 0. The summed E-state index contributed by atoms with van der Waals surface area (Å²) in [6.45, 7) is 1.93. The first-order valence-corrected chi connectivity index (χ1v) is 4.77. The lowest BCUT2D eigenvalue weighted by atomic mass is 10.1. The number of nitrogens with two attached hydrogens (primary N) is 2. The molecule has 80 valence electrons. The van der Waals surface area contributed by atoms with Crippen LogP contribution in [0.5, 0.6) is 0 Å². The molecule has 0 unspecified atom stereocenters. The molecule has 0 heterocycles. The third-order valence-electron chi connectivity index (χ3n) is 1.78. The summed E-state index contributed by atoms with van der Waals surface area (Å²) >= 11 is 0. The molecule has 0 aliphatic rings. The molecule has 0 aliphatic carbocycles. The average molecular weight is 203 g/mol. The molecule has 0 aromatic carbocycles. The first-order valence-electron chi connectivity index (χ1n) is 4.77. The summed E-state index contributed by atoms with van der Waals surface area (Å²) in [5, 5.41) is 8.76. The molecule has 0 aromatic heterocycles. The van der Waals surface area contributed by atoms with E-state index in [-0.39, 0.29) is 0 Å². The summed E-state index contributed by atoms with van der Waals surface area (Å²) in [5.41, 5.74) is 12.2. The highest BCUT2D eigenvalue weighted by Crippen LogP contribution is 2.05. The first-order chi connectivity index (χ1) is 7.24. The van der Waals surface area contributed by atoms with E-state index in [2.05, 4.69) is 6.07 Å². The van der Waals surface area contributed by atoms with Crippen LogP contribution in [0.25, 0.3) is 0 Å². The fourth-order valence-electron chi connectivity index (χ4n) is 0.912. The van der Waals surface area contributed by atoms with Crippen LogP contribution in [0.3, 0.4) is 0 Å². The van der Waals surface area contributed by atoms with Gasteiger partial charge in [0, 0.05) is 5.57 Å². The van der Waals surface area contributed by atoms with Gasteiger partial charge in [-0.05, 0) is 49.9 Å². The van der Waals surface area contributed by atoms with Crippen LogP contribution in [0.15, 0.2) is 47.9 Å². The number of nitrogens with zero attached hydrogens (tertiary/aromatic N) is 1. The van der Waals surface area contributed by atoms with Crippen molar-refractivity contribution in [2.75, 3.05) is 0 Å². The minimum Gasteiger partial charge on any atom is -0.405 e. The zero-order valence-corrected chi connectivity index (χ0v) is 8.98. The molecule has 0 amide bonds. The quantitative estimate of drug-likeness (QED) is 0.530. The Morgan fingerprint density at radius 2 is 2.13 bits per heavy atom. The predicted molar refractivity (Wildman–Crippen MR) is 63.3 cm³/mol. The molecule has 0 aromatic rings. The van der Waals surface area contributed by atoms with Crippen molar-refractivity contribution in [1.29, 1.82) is 5.26 Å². The molecule has 0 saturated carbocycles. The van der Waals surface area contributed by atoms with E-state index in [0.29, 0.717) is 0 Å². The van der Waals surface area contributed by atoms with Crippen LogP contribution in [0.4, 0.5) is 0 Å². The van der Waals surface area contributed by atoms with E-state index < -0.39 is 0 Å². The Bertz CT molecular complexity index is 327. The van der Waals surface area contributed by atoms with Gasteiger partial charge in [0.2, 0.25) is 0 Å². The summed E-state index contributed by atoms with van der Waals surface area (Å²) in [6, 6.07) is 2.12. The van der Waals surface area contributed by atoms with E-state index in [9.17, 15) is 0 Å². The molecule has 15 heavy (non-hydrogen) atoms. The SMILES string of the molecule is CC(/C=C\CC/C(C#N)=C\C=C/N)=C/N. The summed E-state index contributed by atoms with van der Waals surface area (Å²) in [6.07, 6.45) is 11.8. The zero-order valence-electron chi connectivity index (χ0n) is 8.98. The van der Waals surface area contributed by atoms with E-state index in [1.807, 2.05) is 19.1 Å². The molecule has 4 N–H and O–H groups in total. The summed E-state index contributed by atoms with van der Waals surface area (Å²) in [7, 11) is 0. The lowest BCUT2D eigenvalue weighted by Crippen LogP contribution is -1.81. The molecule has 0 fully saturated rings. The van der Waals surface area contributed by atoms with E-state index >= 15 is 0 Å². The molecular weight excluding hydrogens is 186 g/mol. The standard InChI is InChI=1S/C12H17N3/c1-11(9-14)5-2-3-6-12(10-15)7-4-8-13/h2,4-5,7-9H,3,6,13-14H2,1H3/b5-2-,8-4-,11-9-,12-7+. The lowest BCUT2D eigenvalue weighted by molar-refractivity contribution is 1.01. The van der Waals surface area contributed by atoms with Crippen LogP contribution in [-0.2, 0) is 0 Å². The maximum Gasteiger partial charge on any atom is 0.0947 e. The van der Waals surface area contributed by atoms with Gasteiger partial charge >= 0.3 is 0 Å². The van der Waals surface area contributed by atoms with Crippen LogP contribution in [0.1, 0.15) is 19.8 Å². The van der Waals surface area contributed by atoms with E-state index in [1.165, 1.54) is 6.20 Å². The maximum atomic E-state index is 8.76. The van der Waals surface area contributed by atoms with Crippen molar-refractivity contribution in [3.63, 3.8) is 0 Å². The third-order valence-corrected chi connectivity index (χ3v) is 1.78. The van der Waals surface area contributed by atoms with Gasteiger partial charge in [-0.1, -0.05) is 12.2 Å². The fraction of sp³-hybridized carbons (Fsp3) is 0.250. The lowest BCUT2D eigenvalue weighted by Gasteiger charge is -1.93. The minimum absolute atomic E-state index is 0.717. The second kappa shape index (κ2) is 8.64. The first kappa shape index (κ1) is 13.1. The Balaban J connectivity index is 4.05. The van der Waals surface area contributed by atoms with Gasteiger partial charge in [0.05, 0.1) is 6.07 Å². The van der Waals surface area contributed by atoms with Crippen molar-refractivity contribution in [1.82, 2.24) is 0 Å². The minimum atomic E-state index is 0.717. The van der Waals surface area contributed by atoms with Crippen molar-refractivity contribution in [2.45, 2.75) is 19.8 Å². The number of hydrogen-bond acceptors (Lipinski definition) is 3. The monoisotopic (exact) mass is 203 g/mol. The molecule has 0 aliphatic heterocycles. The normalized spacial score (nSPS) is 13.6. The Morgan fingerprint density at radius 1 is 1.40 bits per heavy atom. The highest BCUT2D eigenvalue weighted by atomic mass is 14.5. The van der Waals surface area contributed by atoms with Crippen molar-refractivity contribution >= 4 is 0 Å². The smallest absolute Gasteiger partial charge is 0.0947 e. The van der Waals surface area contributed by atoms with Crippen molar-refractivity contribution in [3.8, 4) is 6.07 Å². The van der Waals surface area contributed by atoms with Crippen molar-refractivity contribution < 1.29 is 0 Å². The number of nitriles is 1. The number of allylic oxidation sites excluding steroid dienone is 6. The summed E-state index contributed by atoms with van der Waals surface area (Å²) in [4.78, 5) is 0. The van der Waals surface area contributed by atoms with Gasteiger partial charge in [0.15, 0.2) is 0 Å². The molecular formula is C12H17N3. The molecule has 3 nitrogen and oxygen atoms in total. The van der Waals surface area contributed by atoms with Gasteiger partial charge in [-0.15, -0.1) is 0 Å². The van der Waals surface area contributed by atoms with Crippen LogP contribution in [0.2, 0.25) is 0 Å². The van der Waals surface area contributed by atoms with Crippen LogP contribution in [-0.4, -0.2) is 0 Å². The van der Waals surface area contributed by atoms with Gasteiger partial charge < -0.3 is 11.5 Å². The maximum absolute atomic E-state index is 8.76. The van der Waals surface area contributed by atoms with Crippen molar-refractivity contribution in [3.05, 3.63) is 47.9 Å². The Labute approximate surface area is 91.1 Å². The molecule has 0 radical (unpaired) electrons. The molecule has 0 bridgehead atoms. The van der Waals surface area contributed by atoms with Gasteiger partial charge in [-0.2, -0.15) is 5.26 Å². The van der Waals surface area contributed by atoms with Crippen LogP contribution < -0.4 is 11.5 Å². The highest BCUT2D eigenvalue weighted by molar-refractivity contribution is 5.26. The van der Waals surface area contributed by atoms with Gasteiger partial charge in [0.1, 0.15) is 0 Å². The Hall–Kier alpha value is -1.95. The van der Waals surface area contributed by atoms with Gasteiger partial charge in [-0.25, -0.2) is 0 Å². The second-order valence-corrected chi connectivity index (χ2v) is 3.04. The van der Waals surface area contributed by atoms with Gasteiger partial charge in [-0.3, -0.25) is 0 Å². The molecule has 0 atom stereocenters. The molecule has 3 heteroatoms. The van der Waals surface area contributed by atoms with Crippen LogP contribution >= 0.6 is 0 Å². The molecule has 0 saturated heterocycles. The molecule has 0 spiro atoms.